The lowest BCUT2D eigenvalue weighted by molar-refractivity contribution is -0.143. The molecule has 0 spiro atoms. The van der Waals surface area contributed by atoms with Crippen LogP contribution in [0.5, 0.6) is 0 Å². The summed E-state index contributed by atoms with van der Waals surface area (Å²) < 4.78 is 0. The lowest BCUT2D eigenvalue weighted by Crippen LogP contribution is -2.52. The Hall–Kier alpha value is -1.66. The molecule has 3 rings (SSSR count). The number of carbonyl (C=O) groups is 1. The Bertz CT molecular complexity index is 670. The normalized spacial score (nSPS) is 17.6. The van der Waals surface area contributed by atoms with Gasteiger partial charge in [0, 0.05) is 17.2 Å². The fourth-order valence-electron chi connectivity index (χ4n) is 2.15. The van der Waals surface area contributed by atoms with Gasteiger partial charge in [-0.15, -0.1) is 11.8 Å². The highest BCUT2D eigenvalue weighted by Crippen LogP contribution is 2.29. The van der Waals surface area contributed by atoms with Crippen LogP contribution in [0.3, 0.4) is 0 Å². The van der Waals surface area contributed by atoms with E-state index in [1.54, 1.807) is 6.92 Å². The van der Waals surface area contributed by atoms with Crippen molar-refractivity contribution in [3.05, 3.63) is 30.6 Å². The van der Waals surface area contributed by atoms with Gasteiger partial charge in [0.25, 0.3) is 0 Å². The van der Waals surface area contributed by atoms with Crippen molar-refractivity contribution < 1.29 is 9.90 Å². The summed E-state index contributed by atoms with van der Waals surface area (Å²) in [5.41, 5.74) is -0.0556. The third-order valence-corrected chi connectivity index (χ3v) is 4.90. The third-order valence-electron chi connectivity index (χ3n) is 3.58. The molecule has 1 fully saturated rings. The average Bonchev–Trinajstić information content (AvgIpc) is 3.28. The largest absolute Gasteiger partial charge is 0.480 e. The number of thioether (sulfide) groups is 1. The molecule has 1 aromatic carbocycles. The minimum atomic E-state index is -0.933. The van der Waals surface area contributed by atoms with E-state index in [1.165, 1.54) is 18.1 Å². The smallest absolute Gasteiger partial charge is 0.324 e. The van der Waals surface area contributed by atoms with Gasteiger partial charge in [0.05, 0.1) is 5.52 Å². The zero-order valence-electron chi connectivity index (χ0n) is 11.7. The number of aliphatic carboxylic acids is 1. The first-order valence-corrected chi connectivity index (χ1v) is 7.91. The van der Waals surface area contributed by atoms with E-state index in [-0.39, 0.29) is 0 Å². The molecule has 1 saturated carbocycles. The van der Waals surface area contributed by atoms with Gasteiger partial charge in [0.2, 0.25) is 0 Å². The quantitative estimate of drug-likeness (QED) is 0.630. The van der Waals surface area contributed by atoms with Crippen molar-refractivity contribution in [1.29, 1.82) is 0 Å². The molecular weight excluding hydrogens is 286 g/mol. The summed E-state index contributed by atoms with van der Waals surface area (Å²) in [6, 6.07) is 8.10. The van der Waals surface area contributed by atoms with Gasteiger partial charge in [-0.2, -0.15) is 0 Å². The topological polar surface area (TPSA) is 75.1 Å². The number of rotatable bonds is 6. The van der Waals surface area contributed by atoms with Crippen LogP contribution in [0.1, 0.15) is 19.8 Å². The van der Waals surface area contributed by atoms with Crippen molar-refractivity contribution in [2.45, 2.75) is 36.4 Å². The summed E-state index contributed by atoms with van der Waals surface area (Å²) in [7, 11) is 0. The van der Waals surface area contributed by atoms with Gasteiger partial charge in [-0.05, 0) is 25.8 Å². The maximum atomic E-state index is 11.6. The zero-order valence-corrected chi connectivity index (χ0v) is 12.6. The molecule has 0 saturated heterocycles. The minimum Gasteiger partial charge on any atom is -0.480 e. The second-order valence-electron chi connectivity index (χ2n) is 5.54. The third kappa shape index (κ3) is 3.16. The first kappa shape index (κ1) is 14.3. The van der Waals surface area contributed by atoms with E-state index in [2.05, 4.69) is 15.3 Å². The van der Waals surface area contributed by atoms with Crippen LogP contribution in [0.15, 0.2) is 35.6 Å². The van der Waals surface area contributed by atoms with Crippen LogP contribution in [-0.2, 0) is 4.79 Å². The summed E-state index contributed by atoms with van der Waals surface area (Å²) in [6.07, 6.45) is 3.64. The maximum absolute atomic E-state index is 11.6. The maximum Gasteiger partial charge on any atom is 0.324 e. The van der Waals surface area contributed by atoms with Crippen LogP contribution in [0.4, 0.5) is 0 Å². The number of fused-ring (bicyclic) bond motifs is 1. The number of hydrogen-bond acceptors (Lipinski definition) is 5. The molecule has 1 unspecified atom stereocenters. The molecule has 2 N–H and O–H groups in total. The molecule has 1 aliphatic rings. The molecule has 0 amide bonds. The number of para-hydroxylation sites is 1. The Labute approximate surface area is 127 Å². The van der Waals surface area contributed by atoms with Gasteiger partial charge in [0.15, 0.2) is 0 Å². The number of nitrogens with zero attached hydrogens (tertiary/aromatic N) is 2. The van der Waals surface area contributed by atoms with E-state index < -0.39 is 11.5 Å². The monoisotopic (exact) mass is 303 g/mol. The molecule has 0 radical (unpaired) electrons. The van der Waals surface area contributed by atoms with Crippen molar-refractivity contribution in [3.8, 4) is 0 Å². The van der Waals surface area contributed by atoms with Crippen molar-refractivity contribution in [3.63, 3.8) is 0 Å². The molecule has 0 bridgehead atoms. The number of hydrogen-bond donors (Lipinski definition) is 2. The summed E-state index contributed by atoms with van der Waals surface area (Å²) in [4.78, 5) is 20.1. The van der Waals surface area contributed by atoms with E-state index in [0.29, 0.717) is 11.8 Å². The number of carboxylic acids is 1. The first-order chi connectivity index (χ1) is 10.1. The van der Waals surface area contributed by atoms with E-state index in [4.69, 9.17) is 0 Å². The average molecular weight is 303 g/mol. The molecule has 0 aliphatic heterocycles. The number of nitrogens with one attached hydrogen (secondary N) is 1. The molecule has 110 valence electrons. The van der Waals surface area contributed by atoms with Gasteiger partial charge in [-0.25, -0.2) is 9.97 Å². The number of benzene rings is 1. The highest BCUT2D eigenvalue weighted by atomic mass is 32.2. The highest BCUT2D eigenvalue weighted by molar-refractivity contribution is 7.99. The molecule has 21 heavy (non-hydrogen) atoms. The molecule has 1 atom stereocenters. The zero-order chi connectivity index (χ0) is 14.9. The second-order valence-corrected chi connectivity index (χ2v) is 6.50. The van der Waals surface area contributed by atoms with Crippen LogP contribution in [0.2, 0.25) is 0 Å². The molecule has 6 heteroatoms. The molecule has 2 aromatic rings. The predicted octanol–water partition coefficient (Wildman–Crippen LogP) is 2.32. The SMILES string of the molecule is CC(CSc1ncnc2ccccc12)(NC1CC1)C(=O)O. The Morgan fingerprint density at radius 3 is 2.90 bits per heavy atom. The molecule has 1 aliphatic carbocycles. The summed E-state index contributed by atoms with van der Waals surface area (Å²) in [5.74, 6) is -0.389. The first-order valence-electron chi connectivity index (χ1n) is 6.92. The summed E-state index contributed by atoms with van der Waals surface area (Å²) >= 11 is 1.46. The van der Waals surface area contributed by atoms with Crippen molar-refractivity contribution in [1.82, 2.24) is 15.3 Å². The van der Waals surface area contributed by atoms with E-state index in [9.17, 15) is 9.90 Å². The van der Waals surface area contributed by atoms with E-state index >= 15 is 0 Å². The lowest BCUT2D eigenvalue weighted by atomic mass is 10.1. The van der Waals surface area contributed by atoms with Crippen LogP contribution in [-0.4, -0.2) is 38.4 Å². The lowest BCUT2D eigenvalue weighted by Gasteiger charge is -2.25. The number of carboxylic acid groups (broad SMARTS) is 1. The molecular formula is C15H17N3O2S. The van der Waals surface area contributed by atoms with Gasteiger partial charge in [0.1, 0.15) is 16.9 Å². The minimum absolute atomic E-state index is 0.342. The predicted molar refractivity (Wildman–Crippen MR) is 82.5 cm³/mol. The molecule has 1 heterocycles. The van der Waals surface area contributed by atoms with Gasteiger partial charge >= 0.3 is 5.97 Å². The van der Waals surface area contributed by atoms with Gasteiger partial charge in [-0.1, -0.05) is 18.2 Å². The van der Waals surface area contributed by atoms with E-state index in [1.807, 2.05) is 24.3 Å². The Balaban J connectivity index is 1.79. The standard InChI is InChI=1S/C15H17N3O2S/c1-15(14(19)20,18-10-6-7-10)8-21-13-11-4-2-3-5-12(11)16-9-17-13/h2-5,9-10,18H,6-8H2,1H3,(H,19,20). The van der Waals surface area contributed by atoms with Crippen LogP contribution >= 0.6 is 11.8 Å². The van der Waals surface area contributed by atoms with Crippen LogP contribution in [0, 0.1) is 0 Å². The van der Waals surface area contributed by atoms with E-state index in [0.717, 1.165) is 28.8 Å². The number of aromatic nitrogens is 2. The summed E-state index contributed by atoms with van der Waals surface area (Å²) in [5, 5.41) is 14.5. The Morgan fingerprint density at radius 1 is 1.43 bits per heavy atom. The van der Waals surface area contributed by atoms with Gasteiger partial charge in [-0.3, -0.25) is 10.1 Å². The molecule has 5 nitrogen and oxygen atoms in total. The Morgan fingerprint density at radius 2 is 2.19 bits per heavy atom. The van der Waals surface area contributed by atoms with Crippen molar-refractivity contribution in [2.24, 2.45) is 0 Å². The van der Waals surface area contributed by atoms with Crippen LogP contribution in [0.25, 0.3) is 10.9 Å². The van der Waals surface area contributed by atoms with Crippen LogP contribution < -0.4 is 5.32 Å². The van der Waals surface area contributed by atoms with Crippen molar-refractivity contribution in [2.75, 3.05) is 5.75 Å². The van der Waals surface area contributed by atoms with Gasteiger partial charge < -0.3 is 5.11 Å². The fraction of sp³-hybridized carbons (Fsp3) is 0.400. The highest BCUT2D eigenvalue weighted by Gasteiger charge is 2.38. The Kier molecular flexibility index (Phi) is 3.82. The molecule has 1 aromatic heterocycles. The second kappa shape index (κ2) is 5.61. The fourth-order valence-corrected chi connectivity index (χ4v) is 3.23. The summed E-state index contributed by atoms with van der Waals surface area (Å²) in [6.45, 7) is 1.74. The van der Waals surface area contributed by atoms with Crippen molar-refractivity contribution >= 4 is 28.6 Å².